The summed E-state index contributed by atoms with van der Waals surface area (Å²) in [6.45, 7) is -0.0501. The van der Waals surface area contributed by atoms with E-state index in [0.717, 1.165) is 0 Å². The Labute approximate surface area is 109 Å². The average Bonchev–Trinajstić information content (AvgIpc) is 2.70. The summed E-state index contributed by atoms with van der Waals surface area (Å²) in [6, 6.07) is 0. The van der Waals surface area contributed by atoms with Crippen LogP contribution in [-0.4, -0.2) is 27.2 Å². The van der Waals surface area contributed by atoms with Gasteiger partial charge >= 0.3 is 6.18 Å². The number of rotatable bonds is 4. The lowest BCUT2D eigenvalue weighted by Gasteiger charge is -2.08. The average molecular weight is 324 g/mol. The molecule has 0 atom stereocenters. The standard InChI is InChI=1S/C10H9BrF3N3O/c11-7-6-17-4-3-15-8(17)9(16-7)18-5-1-2-10(12,13)14/h3-4,6H,1-2,5H2. The molecule has 0 aliphatic carbocycles. The molecular weight excluding hydrogens is 315 g/mol. The van der Waals surface area contributed by atoms with Crippen LogP contribution in [0.2, 0.25) is 0 Å². The Bertz CT molecular complexity index is 541. The van der Waals surface area contributed by atoms with Gasteiger partial charge in [0.15, 0.2) is 0 Å². The van der Waals surface area contributed by atoms with Crippen molar-refractivity contribution >= 4 is 21.6 Å². The van der Waals surface area contributed by atoms with Gasteiger partial charge in [-0.05, 0) is 22.4 Å². The zero-order chi connectivity index (χ0) is 13.2. The number of nitrogens with zero attached hydrogens (tertiary/aromatic N) is 3. The van der Waals surface area contributed by atoms with Crippen molar-refractivity contribution in [3.63, 3.8) is 0 Å². The highest BCUT2D eigenvalue weighted by Crippen LogP contribution is 2.22. The zero-order valence-electron chi connectivity index (χ0n) is 9.12. The number of alkyl halides is 3. The minimum atomic E-state index is -4.16. The number of imidazole rings is 1. The normalized spacial score (nSPS) is 12.0. The molecule has 8 heteroatoms. The van der Waals surface area contributed by atoms with Crippen LogP contribution in [0.5, 0.6) is 5.88 Å². The molecule has 98 valence electrons. The Morgan fingerprint density at radius 2 is 2.17 bits per heavy atom. The van der Waals surface area contributed by atoms with Gasteiger partial charge in [-0.3, -0.25) is 4.40 Å². The van der Waals surface area contributed by atoms with E-state index in [-0.39, 0.29) is 18.9 Å². The summed E-state index contributed by atoms with van der Waals surface area (Å²) < 4.78 is 43.3. The highest BCUT2D eigenvalue weighted by Gasteiger charge is 2.26. The van der Waals surface area contributed by atoms with Crippen LogP contribution >= 0.6 is 15.9 Å². The monoisotopic (exact) mass is 323 g/mol. The minimum absolute atomic E-state index is 0.0501. The molecule has 4 nitrogen and oxygen atoms in total. The van der Waals surface area contributed by atoms with E-state index in [2.05, 4.69) is 25.9 Å². The maximum absolute atomic E-state index is 12.0. The van der Waals surface area contributed by atoms with Crippen LogP contribution in [0.4, 0.5) is 13.2 Å². The van der Waals surface area contributed by atoms with Gasteiger partial charge in [0.25, 0.3) is 5.88 Å². The van der Waals surface area contributed by atoms with Gasteiger partial charge in [-0.25, -0.2) is 9.97 Å². The van der Waals surface area contributed by atoms with E-state index in [4.69, 9.17) is 4.74 Å². The van der Waals surface area contributed by atoms with E-state index in [1.807, 2.05) is 0 Å². The lowest BCUT2D eigenvalue weighted by molar-refractivity contribution is -0.136. The Balaban J connectivity index is 2.01. The molecule has 0 unspecified atom stereocenters. The van der Waals surface area contributed by atoms with Gasteiger partial charge < -0.3 is 4.74 Å². The second kappa shape index (κ2) is 5.13. The number of aromatic nitrogens is 3. The Morgan fingerprint density at radius 1 is 1.39 bits per heavy atom. The van der Waals surface area contributed by atoms with Crippen LogP contribution in [0.3, 0.4) is 0 Å². The molecule has 0 amide bonds. The first-order valence-electron chi connectivity index (χ1n) is 5.14. The summed E-state index contributed by atoms with van der Waals surface area (Å²) >= 11 is 3.19. The third-order valence-electron chi connectivity index (χ3n) is 2.16. The van der Waals surface area contributed by atoms with Crippen LogP contribution in [0.1, 0.15) is 12.8 Å². The van der Waals surface area contributed by atoms with Gasteiger partial charge in [-0.15, -0.1) is 0 Å². The number of fused-ring (bicyclic) bond motifs is 1. The Morgan fingerprint density at radius 3 is 2.89 bits per heavy atom. The fourth-order valence-corrected chi connectivity index (χ4v) is 1.79. The third-order valence-corrected chi connectivity index (χ3v) is 2.54. The molecule has 0 fully saturated rings. The molecule has 0 aliphatic rings. The van der Waals surface area contributed by atoms with Gasteiger partial charge in [0, 0.05) is 25.0 Å². The predicted octanol–water partition coefficient (Wildman–Crippen LogP) is 3.21. The van der Waals surface area contributed by atoms with Crippen LogP contribution < -0.4 is 4.74 Å². The second-order valence-corrected chi connectivity index (χ2v) is 4.41. The second-order valence-electron chi connectivity index (χ2n) is 3.59. The molecule has 0 spiro atoms. The molecular formula is C10H9BrF3N3O. The van der Waals surface area contributed by atoms with Crippen molar-refractivity contribution in [1.29, 1.82) is 0 Å². The van der Waals surface area contributed by atoms with Crippen molar-refractivity contribution in [2.45, 2.75) is 19.0 Å². The number of hydrogen-bond acceptors (Lipinski definition) is 3. The number of halogens is 4. The first kappa shape index (κ1) is 13.1. The highest BCUT2D eigenvalue weighted by atomic mass is 79.9. The molecule has 2 rings (SSSR count). The predicted molar refractivity (Wildman–Crippen MR) is 61.5 cm³/mol. The van der Waals surface area contributed by atoms with E-state index < -0.39 is 12.6 Å². The third kappa shape index (κ3) is 3.34. The molecule has 2 heterocycles. The van der Waals surface area contributed by atoms with Crippen LogP contribution in [0.15, 0.2) is 23.2 Å². The van der Waals surface area contributed by atoms with E-state index in [1.54, 1.807) is 23.0 Å². The summed E-state index contributed by atoms with van der Waals surface area (Å²) in [7, 11) is 0. The molecule has 0 saturated heterocycles. The van der Waals surface area contributed by atoms with E-state index in [1.165, 1.54) is 0 Å². The van der Waals surface area contributed by atoms with Gasteiger partial charge in [0.2, 0.25) is 5.65 Å². The van der Waals surface area contributed by atoms with Crippen molar-refractivity contribution < 1.29 is 17.9 Å². The van der Waals surface area contributed by atoms with Crippen molar-refractivity contribution in [1.82, 2.24) is 14.4 Å². The summed E-state index contributed by atoms with van der Waals surface area (Å²) in [5.74, 6) is 0.219. The van der Waals surface area contributed by atoms with Gasteiger partial charge in [0.05, 0.1) is 6.61 Å². The van der Waals surface area contributed by atoms with E-state index >= 15 is 0 Å². The van der Waals surface area contributed by atoms with Crippen molar-refractivity contribution in [2.75, 3.05) is 6.61 Å². The minimum Gasteiger partial charge on any atom is -0.475 e. The lowest BCUT2D eigenvalue weighted by Crippen LogP contribution is -2.10. The smallest absolute Gasteiger partial charge is 0.389 e. The van der Waals surface area contributed by atoms with Gasteiger partial charge in [-0.1, -0.05) is 0 Å². The molecule has 2 aromatic rings. The largest absolute Gasteiger partial charge is 0.475 e. The highest BCUT2D eigenvalue weighted by molar-refractivity contribution is 9.10. The van der Waals surface area contributed by atoms with Crippen molar-refractivity contribution in [3.8, 4) is 5.88 Å². The lowest BCUT2D eigenvalue weighted by atomic mass is 10.3. The first-order valence-corrected chi connectivity index (χ1v) is 5.94. The van der Waals surface area contributed by atoms with Crippen molar-refractivity contribution in [3.05, 3.63) is 23.2 Å². The fourth-order valence-electron chi connectivity index (χ4n) is 1.41. The van der Waals surface area contributed by atoms with Crippen LogP contribution in [0, 0.1) is 0 Å². The topological polar surface area (TPSA) is 39.4 Å². The summed E-state index contributed by atoms with van der Waals surface area (Å²) in [6.07, 6.45) is -0.186. The molecule has 0 radical (unpaired) electrons. The van der Waals surface area contributed by atoms with Crippen molar-refractivity contribution in [2.24, 2.45) is 0 Å². The number of ether oxygens (including phenoxy) is 1. The molecule has 0 saturated carbocycles. The SMILES string of the molecule is FC(F)(F)CCCOc1nc(Br)cn2ccnc12. The molecule has 0 aromatic carbocycles. The van der Waals surface area contributed by atoms with E-state index in [0.29, 0.717) is 10.3 Å². The molecule has 18 heavy (non-hydrogen) atoms. The molecule has 2 aromatic heterocycles. The maximum Gasteiger partial charge on any atom is 0.389 e. The zero-order valence-corrected chi connectivity index (χ0v) is 10.7. The Hall–Kier alpha value is -1.31. The van der Waals surface area contributed by atoms with Crippen LogP contribution in [-0.2, 0) is 0 Å². The molecule has 0 aliphatic heterocycles. The van der Waals surface area contributed by atoms with E-state index in [9.17, 15) is 13.2 Å². The quantitative estimate of drug-likeness (QED) is 0.811. The summed E-state index contributed by atoms with van der Waals surface area (Å²) in [5, 5.41) is 0. The summed E-state index contributed by atoms with van der Waals surface area (Å²) in [4.78, 5) is 8.06. The summed E-state index contributed by atoms with van der Waals surface area (Å²) in [5.41, 5.74) is 0.477. The number of hydrogen-bond donors (Lipinski definition) is 0. The Kier molecular flexibility index (Phi) is 3.74. The molecule has 0 N–H and O–H groups in total. The molecule has 0 bridgehead atoms. The maximum atomic E-state index is 12.0. The first-order chi connectivity index (χ1) is 8.46. The van der Waals surface area contributed by atoms with Crippen LogP contribution in [0.25, 0.3) is 5.65 Å². The van der Waals surface area contributed by atoms with Gasteiger partial charge in [0.1, 0.15) is 4.60 Å². The van der Waals surface area contributed by atoms with Gasteiger partial charge in [-0.2, -0.15) is 13.2 Å². The fraction of sp³-hybridized carbons (Fsp3) is 0.400.